The Bertz CT molecular complexity index is 422. The van der Waals surface area contributed by atoms with E-state index in [-0.39, 0.29) is 18.1 Å². The predicted molar refractivity (Wildman–Crippen MR) is 61.8 cm³/mol. The van der Waals surface area contributed by atoms with Crippen LogP contribution in [0.4, 0.5) is 0 Å². The Morgan fingerprint density at radius 3 is 2.72 bits per heavy atom. The Morgan fingerprint density at radius 2 is 2.17 bits per heavy atom. The molecule has 2 aliphatic rings. The molecule has 2 rings (SSSR count). The third-order valence-corrected chi connectivity index (χ3v) is 5.02. The van der Waals surface area contributed by atoms with E-state index >= 15 is 0 Å². The molecule has 18 heavy (non-hydrogen) atoms. The molecule has 3 atom stereocenters. The van der Waals surface area contributed by atoms with Crippen LogP contribution < -0.4 is 0 Å². The van der Waals surface area contributed by atoms with Crippen LogP contribution in [0.2, 0.25) is 0 Å². The molecule has 0 aromatic heterocycles. The summed E-state index contributed by atoms with van der Waals surface area (Å²) in [6.45, 7) is 1.08. The summed E-state index contributed by atoms with van der Waals surface area (Å²) >= 11 is 0. The van der Waals surface area contributed by atoms with Gasteiger partial charge in [0.2, 0.25) is 0 Å². The van der Waals surface area contributed by atoms with E-state index in [1.807, 2.05) is 0 Å². The molecule has 7 nitrogen and oxygen atoms in total. The summed E-state index contributed by atoms with van der Waals surface area (Å²) < 4.78 is 32.8. The number of carbonyl (C=O) groups is 1. The molecule has 0 bridgehead atoms. The molecule has 2 fully saturated rings. The fourth-order valence-electron chi connectivity index (χ4n) is 2.40. The molecule has 104 valence electrons. The van der Waals surface area contributed by atoms with Crippen LogP contribution >= 0.6 is 0 Å². The van der Waals surface area contributed by atoms with Gasteiger partial charge in [-0.15, -0.1) is 0 Å². The summed E-state index contributed by atoms with van der Waals surface area (Å²) in [5.74, 6) is -0.755. The number of rotatable bonds is 2. The van der Waals surface area contributed by atoms with Crippen molar-refractivity contribution in [1.82, 2.24) is 4.90 Å². The Balaban J connectivity index is 2.03. The SMILES string of the molecule is COC(=O)C1CN(C2CS(=O)(=O)CC2O)CCO1. The van der Waals surface area contributed by atoms with Crippen molar-refractivity contribution in [2.24, 2.45) is 0 Å². The second-order valence-electron chi connectivity index (χ2n) is 4.59. The van der Waals surface area contributed by atoms with Gasteiger partial charge in [0.15, 0.2) is 15.9 Å². The second kappa shape index (κ2) is 5.12. The second-order valence-corrected chi connectivity index (χ2v) is 6.74. The molecule has 0 aromatic carbocycles. The van der Waals surface area contributed by atoms with Gasteiger partial charge in [0.25, 0.3) is 0 Å². The number of sulfone groups is 1. The molecule has 2 saturated heterocycles. The smallest absolute Gasteiger partial charge is 0.336 e. The minimum Gasteiger partial charge on any atom is -0.467 e. The van der Waals surface area contributed by atoms with Crippen molar-refractivity contribution in [1.29, 1.82) is 0 Å². The monoisotopic (exact) mass is 279 g/mol. The Morgan fingerprint density at radius 1 is 1.44 bits per heavy atom. The van der Waals surface area contributed by atoms with Crippen molar-refractivity contribution < 1.29 is 27.8 Å². The third kappa shape index (κ3) is 2.82. The number of aliphatic hydroxyl groups excluding tert-OH is 1. The lowest BCUT2D eigenvalue weighted by Gasteiger charge is -2.36. The molecular formula is C10H17NO6S. The first-order chi connectivity index (χ1) is 8.43. The van der Waals surface area contributed by atoms with Crippen LogP contribution in [0.1, 0.15) is 0 Å². The molecule has 0 radical (unpaired) electrons. The van der Waals surface area contributed by atoms with Crippen molar-refractivity contribution in [3.63, 3.8) is 0 Å². The van der Waals surface area contributed by atoms with Crippen LogP contribution in [0, 0.1) is 0 Å². The molecule has 1 N–H and O–H groups in total. The number of aliphatic hydroxyl groups is 1. The number of carbonyl (C=O) groups excluding carboxylic acids is 1. The third-order valence-electron chi connectivity index (χ3n) is 3.32. The number of hydrogen-bond donors (Lipinski definition) is 1. The highest BCUT2D eigenvalue weighted by molar-refractivity contribution is 7.91. The van der Waals surface area contributed by atoms with E-state index in [0.29, 0.717) is 13.2 Å². The lowest BCUT2D eigenvalue weighted by molar-refractivity contribution is -0.161. The average molecular weight is 279 g/mol. The molecule has 0 aromatic rings. The summed E-state index contributed by atoms with van der Waals surface area (Å²) in [4.78, 5) is 13.2. The number of hydrogen-bond acceptors (Lipinski definition) is 7. The van der Waals surface area contributed by atoms with Crippen LogP contribution in [0.15, 0.2) is 0 Å². The zero-order chi connectivity index (χ0) is 13.3. The van der Waals surface area contributed by atoms with Crippen molar-refractivity contribution in [3.8, 4) is 0 Å². The molecule has 2 aliphatic heterocycles. The maximum Gasteiger partial charge on any atom is 0.336 e. The number of nitrogens with zero attached hydrogens (tertiary/aromatic N) is 1. The molecule has 2 heterocycles. The van der Waals surface area contributed by atoms with E-state index in [1.165, 1.54) is 7.11 Å². The first kappa shape index (κ1) is 13.7. The molecule has 0 spiro atoms. The van der Waals surface area contributed by atoms with Crippen molar-refractivity contribution in [2.75, 3.05) is 38.3 Å². The van der Waals surface area contributed by atoms with Crippen LogP contribution in [0.5, 0.6) is 0 Å². The van der Waals surface area contributed by atoms with Gasteiger partial charge in [0.1, 0.15) is 0 Å². The summed E-state index contributed by atoms with van der Waals surface area (Å²) in [5.41, 5.74) is 0. The first-order valence-corrected chi connectivity index (χ1v) is 7.57. The van der Waals surface area contributed by atoms with E-state index < -0.39 is 34.1 Å². The lowest BCUT2D eigenvalue weighted by atomic mass is 10.1. The van der Waals surface area contributed by atoms with Gasteiger partial charge in [0, 0.05) is 13.1 Å². The van der Waals surface area contributed by atoms with Crippen LogP contribution in [0.25, 0.3) is 0 Å². The predicted octanol–water partition coefficient (Wildman–Crippen LogP) is -1.98. The van der Waals surface area contributed by atoms with Gasteiger partial charge in [-0.2, -0.15) is 0 Å². The molecule has 0 aliphatic carbocycles. The van der Waals surface area contributed by atoms with Crippen LogP contribution in [0.3, 0.4) is 0 Å². The molecule has 0 amide bonds. The lowest BCUT2D eigenvalue weighted by Crippen LogP contribution is -2.53. The van der Waals surface area contributed by atoms with Crippen molar-refractivity contribution in [3.05, 3.63) is 0 Å². The summed E-state index contributed by atoms with van der Waals surface area (Å²) in [6, 6.07) is -0.453. The van der Waals surface area contributed by atoms with Crippen LogP contribution in [-0.2, 0) is 24.1 Å². The topological polar surface area (TPSA) is 93.1 Å². The summed E-state index contributed by atoms with van der Waals surface area (Å²) in [6.07, 6.45) is -1.61. The van der Waals surface area contributed by atoms with Gasteiger partial charge in [-0.05, 0) is 0 Å². The summed E-state index contributed by atoms with van der Waals surface area (Å²) in [5, 5.41) is 9.78. The fraction of sp³-hybridized carbons (Fsp3) is 0.900. The van der Waals surface area contributed by atoms with E-state index in [1.54, 1.807) is 4.90 Å². The van der Waals surface area contributed by atoms with Crippen molar-refractivity contribution >= 4 is 15.8 Å². The first-order valence-electron chi connectivity index (χ1n) is 5.75. The number of morpholine rings is 1. The molecule has 3 unspecified atom stereocenters. The minimum atomic E-state index is -3.19. The Labute approximate surface area is 106 Å². The molecule has 8 heteroatoms. The highest BCUT2D eigenvalue weighted by Gasteiger charge is 2.42. The van der Waals surface area contributed by atoms with Crippen molar-refractivity contribution in [2.45, 2.75) is 18.2 Å². The standard InChI is InChI=1S/C10H17NO6S/c1-16-10(13)9-4-11(2-3-17-9)7-5-18(14,15)6-8(7)12/h7-9,12H,2-6H2,1H3. The summed E-state index contributed by atoms with van der Waals surface area (Å²) in [7, 11) is -1.91. The van der Waals surface area contributed by atoms with E-state index in [9.17, 15) is 18.3 Å². The van der Waals surface area contributed by atoms with Gasteiger partial charge in [0.05, 0.1) is 37.4 Å². The highest BCUT2D eigenvalue weighted by atomic mass is 32.2. The zero-order valence-corrected chi connectivity index (χ0v) is 10.9. The Hall–Kier alpha value is -0.700. The largest absolute Gasteiger partial charge is 0.467 e. The minimum absolute atomic E-state index is 0.0674. The number of ether oxygens (including phenoxy) is 2. The van der Waals surface area contributed by atoms with Gasteiger partial charge < -0.3 is 14.6 Å². The van der Waals surface area contributed by atoms with Gasteiger partial charge in [-0.1, -0.05) is 0 Å². The van der Waals surface area contributed by atoms with Crippen LogP contribution in [-0.4, -0.2) is 81.0 Å². The fourth-order valence-corrected chi connectivity index (χ4v) is 4.24. The van der Waals surface area contributed by atoms with E-state index in [4.69, 9.17) is 4.74 Å². The maximum absolute atomic E-state index is 11.5. The van der Waals surface area contributed by atoms with E-state index in [0.717, 1.165) is 0 Å². The maximum atomic E-state index is 11.5. The van der Waals surface area contributed by atoms with Gasteiger partial charge in [-0.3, -0.25) is 4.90 Å². The number of esters is 1. The zero-order valence-electron chi connectivity index (χ0n) is 10.1. The van der Waals surface area contributed by atoms with Gasteiger partial charge >= 0.3 is 5.97 Å². The Kier molecular flexibility index (Phi) is 3.90. The molecular weight excluding hydrogens is 262 g/mol. The normalized spacial score (nSPS) is 36.4. The quantitative estimate of drug-likeness (QED) is 0.585. The highest BCUT2D eigenvalue weighted by Crippen LogP contribution is 2.21. The number of methoxy groups -OCH3 is 1. The average Bonchev–Trinajstić information content (AvgIpc) is 2.62. The van der Waals surface area contributed by atoms with E-state index in [2.05, 4.69) is 4.74 Å². The molecule has 0 saturated carbocycles. The van der Waals surface area contributed by atoms with Gasteiger partial charge in [-0.25, -0.2) is 13.2 Å².